The molecule has 0 atom stereocenters. The lowest BCUT2D eigenvalue weighted by atomic mass is 9.75. The fourth-order valence-electron chi connectivity index (χ4n) is 3.52. The molecule has 3 aliphatic rings. The van der Waals surface area contributed by atoms with Crippen molar-refractivity contribution in [1.82, 2.24) is 4.31 Å². The number of aromatic carboxylic acids is 1. The molecule has 1 aromatic carbocycles. The van der Waals surface area contributed by atoms with Gasteiger partial charge in [0, 0.05) is 12.1 Å². The lowest BCUT2D eigenvalue weighted by Crippen LogP contribution is -2.45. The smallest absolute Gasteiger partial charge is 0.416 e. The number of hydrogen-bond acceptors (Lipinski definition) is 3. The van der Waals surface area contributed by atoms with Gasteiger partial charge in [0.2, 0.25) is 10.0 Å². The minimum Gasteiger partial charge on any atom is -0.478 e. The molecule has 2 bridgehead atoms. The Morgan fingerprint density at radius 1 is 1.30 bits per heavy atom. The molecule has 0 radical (unpaired) electrons. The van der Waals surface area contributed by atoms with Gasteiger partial charge in [0.15, 0.2) is 0 Å². The molecule has 0 spiro atoms. The van der Waals surface area contributed by atoms with Gasteiger partial charge < -0.3 is 5.11 Å². The third kappa shape index (κ3) is 2.51. The molecule has 9 heteroatoms. The summed E-state index contributed by atoms with van der Waals surface area (Å²) in [4.78, 5) is 10.4. The molecule has 1 N–H and O–H groups in total. The predicted octanol–water partition coefficient (Wildman–Crippen LogP) is 2.58. The Labute approximate surface area is 130 Å². The van der Waals surface area contributed by atoms with Crippen molar-refractivity contribution in [3.8, 4) is 0 Å². The highest BCUT2D eigenvalue weighted by Gasteiger charge is 2.57. The molecule has 2 saturated heterocycles. The number of benzene rings is 1. The third-order valence-electron chi connectivity index (χ3n) is 4.55. The highest BCUT2D eigenvalue weighted by atomic mass is 32.2. The van der Waals surface area contributed by atoms with Gasteiger partial charge in [-0.3, -0.25) is 0 Å². The molecule has 1 saturated carbocycles. The number of rotatable bonds is 3. The van der Waals surface area contributed by atoms with E-state index in [1.54, 1.807) is 6.92 Å². The average molecular weight is 349 g/mol. The van der Waals surface area contributed by atoms with Gasteiger partial charge in [0.1, 0.15) is 0 Å². The summed E-state index contributed by atoms with van der Waals surface area (Å²) >= 11 is 0. The van der Waals surface area contributed by atoms with Gasteiger partial charge in [-0.05, 0) is 43.9 Å². The Hall–Kier alpha value is -1.61. The van der Waals surface area contributed by atoms with E-state index in [-0.39, 0.29) is 12.5 Å². The largest absolute Gasteiger partial charge is 0.478 e. The Morgan fingerprint density at radius 2 is 1.91 bits per heavy atom. The molecule has 2 aliphatic heterocycles. The van der Waals surface area contributed by atoms with E-state index >= 15 is 0 Å². The zero-order valence-corrected chi connectivity index (χ0v) is 12.9. The van der Waals surface area contributed by atoms with Gasteiger partial charge in [-0.2, -0.15) is 17.5 Å². The van der Waals surface area contributed by atoms with Crippen molar-refractivity contribution in [1.29, 1.82) is 0 Å². The van der Waals surface area contributed by atoms with Crippen LogP contribution >= 0.6 is 0 Å². The van der Waals surface area contributed by atoms with Crippen LogP contribution in [-0.4, -0.2) is 35.9 Å². The molecule has 2 heterocycles. The fourth-order valence-corrected chi connectivity index (χ4v) is 5.46. The first-order valence-corrected chi connectivity index (χ1v) is 8.36. The van der Waals surface area contributed by atoms with Crippen molar-refractivity contribution in [3.63, 3.8) is 0 Å². The van der Waals surface area contributed by atoms with Crippen LogP contribution in [0, 0.1) is 5.92 Å². The van der Waals surface area contributed by atoms with Crippen LogP contribution < -0.4 is 0 Å². The van der Waals surface area contributed by atoms with Crippen molar-refractivity contribution in [3.05, 3.63) is 29.3 Å². The topological polar surface area (TPSA) is 74.7 Å². The zero-order valence-electron chi connectivity index (χ0n) is 12.1. The van der Waals surface area contributed by atoms with Crippen LogP contribution in [0.2, 0.25) is 0 Å². The monoisotopic (exact) mass is 349 g/mol. The molecule has 3 fully saturated rings. The molecule has 126 valence electrons. The van der Waals surface area contributed by atoms with E-state index in [1.165, 1.54) is 4.31 Å². The summed E-state index contributed by atoms with van der Waals surface area (Å²) in [5, 5.41) is 8.97. The number of hydrogen-bond donors (Lipinski definition) is 1. The molecule has 4 rings (SSSR count). The highest BCUT2D eigenvalue weighted by molar-refractivity contribution is 7.89. The highest BCUT2D eigenvalue weighted by Crippen LogP contribution is 2.52. The Bertz CT molecular complexity index is 782. The molecule has 1 aliphatic carbocycles. The fraction of sp³-hybridized carbons (Fsp3) is 0.500. The maximum Gasteiger partial charge on any atom is 0.416 e. The van der Waals surface area contributed by atoms with E-state index in [0.29, 0.717) is 25.0 Å². The summed E-state index contributed by atoms with van der Waals surface area (Å²) < 4.78 is 65.4. The molecule has 1 aromatic rings. The molecule has 5 nitrogen and oxygen atoms in total. The molecule has 0 aromatic heterocycles. The Morgan fingerprint density at radius 3 is 2.35 bits per heavy atom. The van der Waals surface area contributed by atoms with Crippen LogP contribution in [0.5, 0.6) is 0 Å². The van der Waals surface area contributed by atoms with Gasteiger partial charge in [0.25, 0.3) is 0 Å². The molecule has 0 unspecified atom stereocenters. The predicted molar refractivity (Wildman–Crippen MR) is 73.4 cm³/mol. The second kappa shape index (κ2) is 4.70. The second-order valence-corrected chi connectivity index (χ2v) is 8.22. The average Bonchev–Trinajstić information content (AvgIpc) is 2.91. The van der Waals surface area contributed by atoms with Crippen molar-refractivity contribution >= 4 is 16.0 Å². The van der Waals surface area contributed by atoms with Crippen molar-refractivity contribution in [2.75, 3.05) is 6.54 Å². The van der Waals surface area contributed by atoms with Crippen molar-refractivity contribution in [2.45, 2.75) is 36.4 Å². The van der Waals surface area contributed by atoms with Crippen molar-refractivity contribution in [2.24, 2.45) is 5.92 Å². The number of fused-ring (bicyclic) bond motifs is 1. The third-order valence-corrected chi connectivity index (χ3v) is 6.55. The molecular formula is C14H14F3NO4S. The summed E-state index contributed by atoms with van der Waals surface area (Å²) in [6, 6.07) is 1.72. The Kier molecular flexibility index (Phi) is 3.32. The van der Waals surface area contributed by atoms with Crippen LogP contribution in [0.3, 0.4) is 0 Å². The van der Waals surface area contributed by atoms with Crippen LogP contribution in [0.15, 0.2) is 23.1 Å². The van der Waals surface area contributed by atoms with E-state index in [9.17, 15) is 26.4 Å². The van der Waals surface area contributed by atoms with Gasteiger partial charge >= 0.3 is 12.1 Å². The first-order chi connectivity index (χ1) is 10.4. The maximum atomic E-state index is 12.9. The van der Waals surface area contributed by atoms with E-state index in [0.717, 1.165) is 6.07 Å². The lowest BCUT2D eigenvalue weighted by molar-refractivity contribution is -0.137. The summed E-state index contributed by atoms with van der Waals surface area (Å²) in [5.74, 6) is -1.39. The minimum absolute atomic E-state index is 0.222. The van der Waals surface area contributed by atoms with E-state index < -0.39 is 43.7 Å². The van der Waals surface area contributed by atoms with E-state index in [2.05, 4.69) is 0 Å². The van der Waals surface area contributed by atoms with Crippen LogP contribution in [0.25, 0.3) is 0 Å². The molecule has 0 amide bonds. The first kappa shape index (κ1) is 16.3. The van der Waals surface area contributed by atoms with Crippen LogP contribution in [0.4, 0.5) is 13.2 Å². The minimum atomic E-state index is -4.83. The number of sulfonamides is 1. The second-order valence-electron chi connectivity index (χ2n) is 6.36. The Balaban J connectivity index is 2.12. The summed E-state index contributed by atoms with van der Waals surface area (Å²) in [7, 11) is -4.17. The number of alkyl halides is 3. The van der Waals surface area contributed by atoms with Gasteiger partial charge in [-0.25, -0.2) is 13.2 Å². The van der Waals surface area contributed by atoms with Gasteiger partial charge in [-0.15, -0.1) is 0 Å². The van der Waals surface area contributed by atoms with E-state index in [1.807, 2.05) is 0 Å². The first-order valence-electron chi connectivity index (χ1n) is 6.92. The van der Waals surface area contributed by atoms with Crippen LogP contribution in [0.1, 0.15) is 35.7 Å². The quantitative estimate of drug-likeness (QED) is 0.910. The molecular weight excluding hydrogens is 335 g/mol. The number of carbonyl (C=O) groups is 1. The normalized spacial score (nSPS) is 27.7. The van der Waals surface area contributed by atoms with Crippen molar-refractivity contribution < 1.29 is 31.5 Å². The number of carboxylic acids is 1. The maximum absolute atomic E-state index is 12.9. The SMILES string of the molecule is CC12CC(CN1S(=O)(=O)c1cc(C(=O)O)cc(C(F)(F)F)c1)C2. The zero-order chi connectivity index (χ0) is 17.2. The van der Waals surface area contributed by atoms with Crippen LogP contribution in [-0.2, 0) is 16.2 Å². The van der Waals surface area contributed by atoms with Gasteiger partial charge in [-0.1, -0.05) is 0 Å². The lowest BCUT2D eigenvalue weighted by Gasteiger charge is -2.38. The summed E-state index contributed by atoms with van der Waals surface area (Å²) in [6.45, 7) is 2.01. The number of halogens is 3. The number of carboxylic acid groups (broad SMARTS) is 1. The number of nitrogens with zero attached hydrogens (tertiary/aromatic N) is 1. The summed E-state index contributed by atoms with van der Waals surface area (Å²) in [6.07, 6.45) is -3.47. The summed E-state index contributed by atoms with van der Waals surface area (Å²) in [5.41, 5.74) is -2.57. The van der Waals surface area contributed by atoms with Gasteiger partial charge in [0.05, 0.1) is 16.0 Å². The standard InChI is InChI=1S/C14H14F3NO4S/c1-13-5-8(6-13)7-18(13)23(21,22)11-3-9(12(19)20)2-10(4-11)14(15,16)17/h2-4,8H,5-7H2,1H3,(H,19,20). The molecule has 23 heavy (non-hydrogen) atoms. The van der Waals surface area contributed by atoms with E-state index in [4.69, 9.17) is 5.11 Å².